The molecule has 1 aliphatic rings. The van der Waals surface area contributed by atoms with Gasteiger partial charge in [-0.15, -0.1) is 11.8 Å². The van der Waals surface area contributed by atoms with E-state index in [2.05, 4.69) is 9.97 Å². The molecule has 2 heterocycles. The van der Waals surface area contributed by atoms with Gasteiger partial charge in [-0.1, -0.05) is 36.4 Å². The average Bonchev–Trinajstić information content (AvgIpc) is 3.34. The molecule has 1 aliphatic carbocycles. The minimum absolute atomic E-state index is 0.0101. The SMILES string of the molecule is N#Cc1nc2cc(CCC3(O)CC=CC(OCc4ccc5ccccc5n4)=C3SCCC(=O)O)ccc2o1. The Labute approximate surface area is 223 Å². The first-order valence-corrected chi connectivity index (χ1v) is 13.2. The first-order chi connectivity index (χ1) is 18.4. The monoisotopic (exact) mass is 527 g/mol. The molecule has 1 unspecified atom stereocenters. The standard InChI is InChI=1S/C29H25N3O5S/c30-17-26-32-23-16-19(7-10-24(23)37-26)11-14-29(35)13-3-6-25(28(29)38-15-12-27(33)34)36-18-21-9-8-20-4-1-2-5-22(20)31-21/h1-10,16,35H,11-15,18H2,(H,33,34). The van der Waals surface area contributed by atoms with Gasteiger partial charge in [0, 0.05) is 11.1 Å². The van der Waals surface area contributed by atoms with Gasteiger partial charge in [0.25, 0.3) is 0 Å². The van der Waals surface area contributed by atoms with E-state index < -0.39 is 11.6 Å². The second-order valence-electron chi connectivity index (χ2n) is 9.04. The molecule has 192 valence electrons. The highest BCUT2D eigenvalue weighted by molar-refractivity contribution is 8.03. The fraction of sp³-hybridized carbons (Fsp3) is 0.241. The molecule has 2 N–H and O–H groups in total. The minimum atomic E-state index is -1.22. The van der Waals surface area contributed by atoms with E-state index in [4.69, 9.17) is 19.5 Å². The van der Waals surface area contributed by atoms with Crippen molar-refractivity contribution in [3.63, 3.8) is 0 Å². The van der Waals surface area contributed by atoms with Crippen molar-refractivity contribution >= 4 is 39.7 Å². The number of thioether (sulfide) groups is 1. The Morgan fingerprint density at radius 1 is 1.16 bits per heavy atom. The number of hydrogen-bond acceptors (Lipinski definition) is 8. The maximum atomic E-state index is 11.8. The maximum Gasteiger partial charge on any atom is 0.304 e. The number of carboxylic acid groups (broad SMARTS) is 1. The molecule has 8 nitrogen and oxygen atoms in total. The van der Waals surface area contributed by atoms with Crippen LogP contribution in [0.2, 0.25) is 0 Å². The number of carbonyl (C=O) groups is 1. The number of hydrogen-bond donors (Lipinski definition) is 2. The van der Waals surface area contributed by atoms with Crippen LogP contribution in [0, 0.1) is 11.3 Å². The number of oxazole rings is 1. The summed E-state index contributed by atoms with van der Waals surface area (Å²) < 4.78 is 11.5. The van der Waals surface area contributed by atoms with Gasteiger partial charge >= 0.3 is 11.9 Å². The van der Waals surface area contributed by atoms with Crippen molar-refractivity contribution in [3.8, 4) is 6.07 Å². The number of nitriles is 1. The Hall–Kier alpha value is -4.13. The molecule has 0 amide bonds. The van der Waals surface area contributed by atoms with Gasteiger partial charge in [0.15, 0.2) is 11.7 Å². The molecule has 38 heavy (non-hydrogen) atoms. The van der Waals surface area contributed by atoms with Gasteiger partial charge in [-0.2, -0.15) is 10.2 Å². The highest BCUT2D eigenvalue weighted by atomic mass is 32.2. The lowest BCUT2D eigenvalue weighted by atomic mass is 9.87. The van der Waals surface area contributed by atoms with Crippen LogP contribution in [0.15, 0.2) is 81.8 Å². The van der Waals surface area contributed by atoms with E-state index in [0.29, 0.717) is 46.8 Å². The number of fused-ring (bicyclic) bond motifs is 2. The fourth-order valence-corrected chi connectivity index (χ4v) is 5.61. The molecule has 0 saturated carbocycles. The Balaban J connectivity index is 1.36. The zero-order valence-corrected chi connectivity index (χ0v) is 21.3. The van der Waals surface area contributed by atoms with E-state index in [9.17, 15) is 9.90 Å². The Morgan fingerprint density at radius 3 is 2.87 bits per heavy atom. The predicted molar refractivity (Wildman–Crippen MR) is 144 cm³/mol. The number of aromatic nitrogens is 2. The summed E-state index contributed by atoms with van der Waals surface area (Å²) in [6.45, 7) is 0.216. The van der Waals surface area contributed by atoms with Crippen molar-refractivity contribution in [2.24, 2.45) is 0 Å². The van der Waals surface area contributed by atoms with Crippen LogP contribution in [-0.4, -0.2) is 37.5 Å². The summed E-state index contributed by atoms with van der Waals surface area (Å²) in [4.78, 5) is 20.6. The number of carboxylic acids is 1. The van der Waals surface area contributed by atoms with E-state index in [1.54, 1.807) is 6.07 Å². The molecule has 0 fully saturated rings. The number of benzene rings is 2. The second kappa shape index (κ2) is 11.1. The molecule has 0 spiro atoms. The number of allylic oxidation sites excluding steroid dienone is 1. The van der Waals surface area contributed by atoms with E-state index in [1.165, 1.54) is 11.8 Å². The van der Waals surface area contributed by atoms with Crippen LogP contribution >= 0.6 is 11.8 Å². The van der Waals surface area contributed by atoms with Crippen LogP contribution in [0.25, 0.3) is 22.0 Å². The largest absolute Gasteiger partial charge is 0.486 e. The summed E-state index contributed by atoms with van der Waals surface area (Å²) in [6.07, 6.45) is 5.00. The van der Waals surface area contributed by atoms with Crippen molar-refractivity contribution in [1.82, 2.24) is 9.97 Å². The molecule has 2 aromatic heterocycles. The molecule has 1 atom stereocenters. The van der Waals surface area contributed by atoms with Gasteiger partial charge in [0.05, 0.1) is 22.5 Å². The first-order valence-electron chi connectivity index (χ1n) is 12.2. The van der Waals surface area contributed by atoms with Gasteiger partial charge in [-0.25, -0.2) is 4.98 Å². The third kappa shape index (κ3) is 5.72. The molecule has 4 aromatic rings. The molecule has 0 bridgehead atoms. The number of pyridine rings is 1. The molecular formula is C29H25N3O5S. The van der Waals surface area contributed by atoms with Gasteiger partial charge in [0.1, 0.15) is 23.5 Å². The van der Waals surface area contributed by atoms with Crippen LogP contribution in [0.3, 0.4) is 0 Å². The van der Waals surface area contributed by atoms with Gasteiger partial charge in [0.2, 0.25) is 0 Å². The van der Waals surface area contributed by atoms with Crippen molar-refractivity contribution in [2.45, 2.75) is 37.9 Å². The molecule has 0 saturated heterocycles. The van der Waals surface area contributed by atoms with Crippen LogP contribution in [0.4, 0.5) is 0 Å². The molecule has 0 radical (unpaired) electrons. The molecule has 5 rings (SSSR count). The van der Waals surface area contributed by atoms with Crippen LogP contribution < -0.4 is 0 Å². The molecule has 2 aromatic carbocycles. The lowest BCUT2D eigenvalue weighted by Crippen LogP contribution is -2.33. The summed E-state index contributed by atoms with van der Waals surface area (Å²) >= 11 is 1.31. The number of aliphatic hydroxyl groups is 1. The zero-order chi connectivity index (χ0) is 26.5. The molecule has 0 aliphatic heterocycles. The van der Waals surface area contributed by atoms with Crippen molar-refractivity contribution in [1.29, 1.82) is 5.26 Å². The number of aliphatic carboxylic acids is 1. The quantitative estimate of drug-likeness (QED) is 0.274. The lowest BCUT2D eigenvalue weighted by molar-refractivity contribution is -0.136. The summed E-state index contributed by atoms with van der Waals surface area (Å²) in [7, 11) is 0. The second-order valence-corrected chi connectivity index (χ2v) is 10.1. The van der Waals surface area contributed by atoms with E-state index >= 15 is 0 Å². The maximum absolute atomic E-state index is 11.8. The zero-order valence-electron chi connectivity index (χ0n) is 20.5. The summed E-state index contributed by atoms with van der Waals surface area (Å²) in [5, 5.41) is 31.0. The Kier molecular flexibility index (Phi) is 7.45. The van der Waals surface area contributed by atoms with E-state index in [1.807, 2.05) is 66.8 Å². The number of para-hydroxylation sites is 1. The third-order valence-corrected chi connectivity index (χ3v) is 7.62. The highest BCUT2D eigenvalue weighted by Crippen LogP contribution is 2.41. The Morgan fingerprint density at radius 2 is 2.03 bits per heavy atom. The van der Waals surface area contributed by atoms with Gasteiger partial charge in [-0.3, -0.25) is 4.79 Å². The minimum Gasteiger partial charge on any atom is -0.486 e. The van der Waals surface area contributed by atoms with Crippen molar-refractivity contribution < 1.29 is 24.2 Å². The van der Waals surface area contributed by atoms with Crippen LogP contribution in [-0.2, 0) is 22.6 Å². The summed E-state index contributed by atoms with van der Waals surface area (Å²) in [5.74, 6) is -0.0527. The predicted octanol–water partition coefficient (Wildman–Crippen LogP) is 5.51. The smallest absolute Gasteiger partial charge is 0.304 e. The van der Waals surface area contributed by atoms with E-state index in [-0.39, 0.29) is 18.9 Å². The van der Waals surface area contributed by atoms with Gasteiger partial charge < -0.3 is 19.4 Å². The van der Waals surface area contributed by atoms with Gasteiger partial charge in [-0.05, 0) is 55.2 Å². The van der Waals surface area contributed by atoms with Crippen molar-refractivity contribution in [2.75, 3.05) is 5.75 Å². The number of aryl methyl sites for hydroxylation is 1. The number of nitrogens with zero attached hydrogens (tertiary/aromatic N) is 3. The normalized spacial score (nSPS) is 17.2. The number of ether oxygens (including phenoxy) is 1. The highest BCUT2D eigenvalue weighted by Gasteiger charge is 2.36. The lowest BCUT2D eigenvalue weighted by Gasteiger charge is -2.33. The fourth-order valence-electron chi connectivity index (χ4n) is 4.40. The first kappa shape index (κ1) is 25.5. The topological polar surface area (TPSA) is 129 Å². The summed E-state index contributed by atoms with van der Waals surface area (Å²) in [6, 6.07) is 19.2. The van der Waals surface area contributed by atoms with Crippen LogP contribution in [0.1, 0.15) is 36.4 Å². The summed E-state index contributed by atoms with van der Waals surface area (Å²) in [5.41, 5.74) is 2.48. The molecular weight excluding hydrogens is 502 g/mol. The van der Waals surface area contributed by atoms with Crippen LogP contribution in [0.5, 0.6) is 0 Å². The Bertz CT molecular complexity index is 1600. The number of rotatable bonds is 10. The van der Waals surface area contributed by atoms with Crippen molar-refractivity contribution in [3.05, 3.63) is 94.6 Å². The van der Waals surface area contributed by atoms with E-state index in [0.717, 1.165) is 22.2 Å². The molecule has 9 heteroatoms. The average molecular weight is 528 g/mol. The third-order valence-electron chi connectivity index (χ3n) is 6.34.